The minimum Gasteiger partial charge on any atom is -0.481 e. The highest BCUT2D eigenvalue weighted by atomic mass is 79.9. The highest BCUT2D eigenvalue weighted by Gasteiger charge is 2.33. The summed E-state index contributed by atoms with van der Waals surface area (Å²) >= 11 is 3.52. The average Bonchev–Trinajstić information content (AvgIpc) is 2.52. The maximum absolute atomic E-state index is 12.1. The summed E-state index contributed by atoms with van der Waals surface area (Å²) in [6.07, 6.45) is 2.39. The molecule has 0 bridgehead atoms. The van der Waals surface area contributed by atoms with Crippen molar-refractivity contribution in [3.8, 4) is 0 Å². The van der Waals surface area contributed by atoms with E-state index in [1.54, 1.807) is 0 Å². The predicted molar refractivity (Wildman–Crippen MR) is 92.6 cm³/mol. The van der Waals surface area contributed by atoms with Crippen molar-refractivity contribution in [2.75, 3.05) is 19.6 Å². The molecular formula is C17H23BrN2O3. The summed E-state index contributed by atoms with van der Waals surface area (Å²) in [6, 6.07) is 8.28. The molecule has 2 amide bonds. The maximum Gasteiger partial charge on any atom is 0.317 e. The fourth-order valence-corrected chi connectivity index (χ4v) is 3.30. The molecule has 0 aromatic heterocycles. The van der Waals surface area contributed by atoms with Gasteiger partial charge in [0.15, 0.2) is 0 Å². The first-order valence-corrected chi connectivity index (χ1v) is 8.71. The zero-order valence-corrected chi connectivity index (χ0v) is 14.9. The number of carbonyl (C=O) groups is 2. The Hall–Kier alpha value is -1.56. The fourth-order valence-electron chi connectivity index (χ4n) is 2.90. The van der Waals surface area contributed by atoms with Crippen LogP contribution in [0.15, 0.2) is 28.7 Å². The summed E-state index contributed by atoms with van der Waals surface area (Å²) in [7, 11) is 0. The summed E-state index contributed by atoms with van der Waals surface area (Å²) in [6.45, 7) is 4.09. The van der Waals surface area contributed by atoms with E-state index < -0.39 is 5.97 Å². The van der Waals surface area contributed by atoms with Crippen LogP contribution in [0, 0.1) is 0 Å². The van der Waals surface area contributed by atoms with E-state index in [1.807, 2.05) is 17.0 Å². The molecule has 1 heterocycles. The van der Waals surface area contributed by atoms with Crippen LogP contribution in [0.4, 0.5) is 4.79 Å². The molecule has 1 fully saturated rings. The van der Waals surface area contributed by atoms with Crippen molar-refractivity contribution in [1.29, 1.82) is 0 Å². The van der Waals surface area contributed by atoms with Gasteiger partial charge in [-0.1, -0.05) is 35.0 Å². The van der Waals surface area contributed by atoms with Crippen LogP contribution >= 0.6 is 15.9 Å². The first-order chi connectivity index (χ1) is 10.9. The van der Waals surface area contributed by atoms with Crippen molar-refractivity contribution in [1.82, 2.24) is 10.2 Å². The van der Waals surface area contributed by atoms with Crippen LogP contribution in [0.25, 0.3) is 0 Å². The Morgan fingerprint density at radius 1 is 1.35 bits per heavy atom. The predicted octanol–water partition coefficient (Wildman–Crippen LogP) is 3.38. The maximum atomic E-state index is 12.1. The smallest absolute Gasteiger partial charge is 0.317 e. The van der Waals surface area contributed by atoms with Gasteiger partial charge < -0.3 is 15.3 Å². The van der Waals surface area contributed by atoms with E-state index >= 15 is 0 Å². The van der Waals surface area contributed by atoms with Gasteiger partial charge in [-0.25, -0.2) is 4.79 Å². The average molecular weight is 383 g/mol. The van der Waals surface area contributed by atoms with Crippen molar-refractivity contribution in [2.45, 2.75) is 38.0 Å². The van der Waals surface area contributed by atoms with Crippen LogP contribution < -0.4 is 5.32 Å². The first-order valence-electron chi connectivity index (χ1n) is 7.91. The minimum atomic E-state index is -0.831. The zero-order chi connectivity index (χ0) is 16.9. The molecule has 0 atom stereocenters. The molecule has 0 radical (unpaired) electrons. The van der Waals surface area contributed by atoms with Crippen molar-refractivity contribution < 1.29 is 14.7 Å². The number of halogens is 1. The van der Waals surface area contributed by atoms with E-state index in [0.717, 1.165) is 17.3 Å². The number of urea groups is 1. The summed E-state index contributed by atoms with van der Waals surface area (Å²) < 4.78 is 1.08. The van der Waals surface area contributed by atoms with Crippen LogP contribution in [0.5, 0.6) is 0 Å². The highest BCUT2D eigenvalue weighted by Crippen LogP contribution is 2.35. The highest BCUT2D eigenvalue weighted by molar-refractivity contribution is 9.10. The molecule has 0 aliphatic carbocycles. The number of hydrogen-bond acceptors (Lipinski definition) is 2. The lowest BCUT2D eigenvalue weighted by molar-refractivity contribution is -0.137. The van der Waals surface area contributed by atoms with Gasteiger partial charge in [-0.2, -0.15) is 0 Å². The van der Waals surface area contributed by atoms with Gasteiger partial charge in [-0.3, -0.25) is 4.79 Å². The Morgan fingerprint density at radius 3 is 2.65 bits per heavy atom. The van der Waals surface area contributed by atoms with Gasteiger partial charge in [0, 0.05) is 30.5 Å². The van der Waals surface area contributed by atoms with E-state index in [2.05, 4.69) is 40.3 Å². The summed E-state index contributed by atoms with van der Waals surface area (Å²) in [5.41, 5.74) is 1.39. The molecule has 1 aliphatic heterocycles. The van der Waals surface area contributed by atoms with E-state index in [9.17, 15) is 9.59 Å². The van der Waals surface area contributed by atoms with E-state index in [-0.39, 0.29) is 17.9 Å². The lowest BCUT2D eigenvalue weighted by Gasteiger charge is -2.39. The van der Waals surface area contributed by atoms with Crippen molar-refractivity contribution in [3.63, 3.8) is 0 Å². The summed E-state index contributed by atoms with van der Waals surface area (Å²) in [5.74, 6) is -0.831. The number of hydrogen-bond donors (Lipinski definition) is 2. The molecule has 2 rings (SSSR count). The number of amides is 2. The molecule has 1 aromatic carbocycles. The number of nitrogens with one attached hydrogen (secondary N) is 1. The molecule has 0 unspecified atom stereocenters. The molecule has 2 N–H and O–H groups in total. The monoisotopic (exact) mass is 382 g/mol. The van der Waals surface area contributed by atoms with E-state index in [1.165, 1.54) is 5.56 Å². The molecular weight excluding hydrogens is 360 g/mol. The number of aliphatic carboxylic acids is 1. The van der Waals surface area contributed by atoms with Gasteiger partial charge in [-0.05, 0) is 42.4 Å². The third-order valence-corrected chi connectivity index (χ3v) is 5.01. The molecule has 1 aliphatic rings. The quantitative estimate of drug-likeness (QED) is 0.766. The Balaban J connectivity index is 1.83. The number of likely N-dealkylation sites (tertiary alicyclic amines) is 1. The molecule has 6 heteroatoms. The molecule has 23 heavy (non-hydrogen) atoms. The first kappa shape index (κ1) is 17.8. The van der Waals surface area contributed by atoms with Crippen LogP contribution in [-0.2, 0) is 10.2 Å². The summed E-state index contributed by atoms with van der Waals surface area (Å²) in [4.78, 5) is 24.4. The van der Waals surface area contributed by atoms with E-state index in [4.69, 9.17) is 5.11 Å². The minimum absolute atomic E-state index is 0.0846. The number of piperidine rings is 1. The second-order valence-corrected chi connectivity index (χ2v) is 7.20. The van der Waals surface area contributed by atoms with E-state index in [0.29, 0.717) is 26.1 Å². The molecule has 1 saturated heterocycles. The molecule has 0 spiro atoms. The number of carboxylic acid groups (broad SMARTS) is 1. The number of rotatable bonds is 5. The SMILES string of the molecule is CC1(c2cccc(Br)c2)CCN(C(=O)NCCCC(=O)O)CC1. The third kappa shape index (κ3) is 4.96. The van der Waals surface area contributed by atoms with Gasteiger partial charge in [0.2, 0.25) is 0 Å². The number of nitrogens with zero attached hydrogens (tertiary/aromatic N) is 1. The van der Waals surface area contributed by atoms with Gasteiger partial charge in [-0.15, -0.1) is 0 Å². The Labute approximate surface area is 145 Å². The van der Waals surface area contributed by atoms with Crippen LogP contribution in [0.1, 0.15) is 38.2 Å². The van der Waals surface area contributed by atoms with Crippen LogP contribution in [0.2, 0.25) is 0 Å². The van der Waals surface area contributed by atoms with Gasteiger partial charge in [0.05, 0.1) is 0 Å². The van der Waals surface area contributed by atoms with Crippen molar-refractivity contribution in [3.05, 3.63) is 34.3 Å². The Bertz CT molecular complexity index is 569. The largest absolute Gasteiger partial charge is 0.481 e. The molecule has 126 valence electrons. The third-order valence-electron chi connectivity index (χ3n) is 4.52. The standard InChI is InChI=1S/C17H23BrN2O3/c1-17(13-4-2-5-14(18)12-13)7-10-20(11-8-17)16(23)19-9-3-6-15(21)22/h2,4-5,12H,3,6-11H2,1H3,(H,19,23)(H,21,22). The van der Waals surface area contributed by atoms with Gasteiger partial charge in [0.1, 0.15) is 0 Å². The fraction of sp³-hybridized carbons (Fsp3) is 0.529. The van der Waals surface area contributed by atoms with Crippen LogP contribution in [0.3, 0.4) is 0 Å². The molecule has 1 aromatic rings. The van der Waals surface area contributed by atoms with Crippen LogP contribution in [-0.4, -0.2) is 41.6 Å². The number of benzene rings is 1. The second kappa shape index (κ2) is 7.81. The topological polar surface area (TPSA) is 69.6 Å². The number of carbonyl (C=O) groups excluding carboxylic acids is 1. The van der Waals surface area contributed by atoms with Gasteiger partial charge in [0.25, 0.3) is 0 Å². The number of carboxylic acids is 1. The Kier molecular flexibility index (Phi) is 6.04. The summed E-state index contributed by atoms with van der Waals surface area (Å²) in [5, 5.41) is 11.4. The zero-order valence-electron chi connectivity index (χ0n) is 13.3. The van der Waals surface area contributed by atoms with Gasteiger partial charge >= 0.3 is 12.0 Å². The lowest BCUT2D eigenvalue weighted by Crippen LogP contribution is -2.48. The molecule has 0 saturated carbocycles. The normalized spacial score (nSPS) is 16.9. The second-order valence-electron chi connectivity index (χ2n) is 6.29. The van der Waals surface area contributed by atoms with Crippen molar-refractivity contribution >= 4 is 27.9 Å². The Morgan fingerprint density at radius 2 is 2.04 bits per heavy atom. The van der Waals surface area contributed by atoms with Crippen molar-refractivity contribution in [2.24, 2.45) is 0 Å². The molecule has 5 nitrogen and oxygen atoms in total. The lowest BCUT2D eigenvalue weighted by atomic mass is 9.74.